The molecule has 0 amide bonds. The molecule has 0 radical (unpaired) electrons. The van der Waals surface area contributed by atoms with Gasteiger partial charge in [0.15, 0.2) is 0 Å². The van der Waals surface area contributed by atoms with Crippen molar-refractivity contribution >= 4 is 5.69 Å². The van der Waals surface area contributed by atoms with Crippen LogP contribution in [-0.2, 0) is 6.54 Å². The van der Waals surface area contributed by atoms with Crippen molar-refractivity contribution in [1.29, 1.82) is 0 Å². The van der Waals surface area contributed by atoms with Crippen LogP contribution in [0.2, 0.25) is 0 Å². The Hall–Kier alpha value is -2.03. The van der Waals surface area contributed by atoms with E-state index in [2.05, 4.69) is 16.4 Å². The van der Waals surface area contributed by atoms with Crippen LogP contribution >= 0.6 is 0 Å². The maximum absolute atomic E-state index is 5.40. The van der Waals surface area contributed by atoms with Crippen LogP contribution in [0.3, 0.4) is 0 Å². The number of nitrogens with one attached hydrogen (secondary N) is 1. The molecule has 0 fully saturated rings. The SMILES string of the molecule is CCOc1ccc(NCc2cncc(C)c2)cc1. The second kappa shape index (κ2) is 6.05. The lowest BCUT2D eigenvalue weighted by molar-refractivity contribution is 0.340. The molecule has 1 N–H and O–H groups in total. The molecule has 18 heavy (non-hydrogen) atoms. The first kappa shape index (κ1) is 12.4. The number of hydrogen-bond acceptors (Lipinski definition) is 3. The Morgan fingerprint density at radius 3 is 2.61 bits per heavy atom. The maximum atomic E-state index is 5.40. The van der Waals surface area contributed by atoms with Gasteiger partial charge in [-0.15, -0.1) is 0 Å². The van der Waals surface area contributed by atoms with Crippen molar-refractivity contribution in [2.24, 2.45) is 0 Å². The molecule has 1 aromatic carbocycles. The molecule has 0 bridgehead atoms. The number of rotatable bonds is 5. The average molecular weight is 242 g/mol. The van der Waals surface area contributed by atoms with Crippen LogP contribution in [0.4, 0.5) is 5.69 Å². The van der Waals surface area contributed by atoms with E-state index in [-0.39, 0.29) is 0 Å². The van der Waals surface area contributed by atoms with Gasteiger partial charge in [-0.1, -0.05) is 6.07 Å². The molecule has 0 atom stereocenters. The van der Waals surface area contributed by atoms with Crippen molar-refractivity contribution in [2.45, 2.75) is 20.4 Å². The standard InChI is InChI=1S/C15H18N2O/c1-3-18-15-6-4-14(5-7-15)17-11-13-8-12(2)9-16-10-13/h4-10,17H,3,11H2,1-2H3. The van der Waals surface area contributed by atoms with Crippen LogP contribution in [-0.4, -0.2) is 11.6 Å². The number of anilines is 1. The van der Waals surface area contributed by atoms with E-state index < -0.39 is 0 Å². The predicted molar refractivity (Wildman–Crippen MR) is 73.9 cm³/mol. The summed E-state index contributed by atoms with van der Waals surface area (Å²) in [5.41, 5.74) is 3.45. The van der Waals surface area contributed by atoms with Crippen LogP contribution in [0.15, 0.2) is 42.7 Å². The van der Waals surface area contributed by atoms with Gasteiger partial charge in [-0.25, -0.2) is 0 Å². The second-order valence-electron chi connectivity index (χ2n) is 4.18. The smallest absolute Gasteiger partial charge is 0.119 e. The van der Waals surface area contributed by atoms with E-state index in [1.54, 1.807) is 0 Å². The highest BCUT2D eigenvalue weighted by Crippen LogP contribution is 2.16. The number of aromatic nitrogens is 1. The normalized spacial score (nSPS) is 10.1. The Labute approximate surface area is 108 Å². The third-order valence-corrected chi connectivity index (χ3v) is 2.59. The van der Waals surface area contributed by atoms with Gasteiger partial charge in [0.25, 0.3) is 0 Å². The minimum atomic E-state index is 0.696. The van der Waals surface area contributed by atoms with Gasteiger partial charge in [0.2, 0.25) is 0 Å². The lowest BCUT2D eigenvalue weighted by atomic mass is 10.2. The third kappa shape index (κ3) is 3.48. The first-order chi connectivity index (χ1) is 8.78. The van der Waals surface area contributed by atoms with Crippen molar-refractivity contribution in [3.8, 4) is 5.75 Å². The molecule has 0 unspecified atom stereocenters. The molecular formula is C15H18N2O. The molecule has 0 aliphatic rings. The van der Waals surface area contributed by atoms with Gasteiger partial charge >= 0.3 is 0 Å². The van der Waals surface area contributed by atoms with Crippen molar-refractivity contribution in [2.75, 3.05) is 11.9 Å². The van der Waals surface area contributed by atoms with Crippen molar-refractivity contribution in [1.82, 2.24) is 4.98 Å². The van der Waals surface area contributed by atoms with Crippen LogP contribution in [0.5, 0.6) is 5.75 Å². The molecule has 0 spiro atoms. The number of aryl methyl sites for hydroxylation is 1. The predicted octanol–water partition coefficient (Wildman–Crippen LogP) is 3.40. The fraction of sp³-hybridized carbons (Fsp3) is 0.267. The zero-order valence-corrected chi connectivity index (χ0v) is 10.8. The third-order valence-electron chi connectivity index (χ3n) is 2.59. The molecule has 94 valence electrons. The summed E-state index contributed by atoms with van der Waals surface area (Å²) in [6.07, 6.45) is 3.74. The van der Waals surface area contributed by atoms with E-state index in [0.29, 0.717) is 6.61 Å². The summed E-state index contributed by atoms with van der Waals surface area (Å²) in [4.78, 5) is 4.17. The minimum Gasteiger partial charge on any atom is -0.494 e. The Morgan fingerprint density at radius 2 is 1.94 bits per heavy atom. The first-order valence-corrected chi connectivity index (χ1v) is 6.15. The van der Waals surface area contributed by atoms with Crippen molar-refractivity contribution in [3.63, 3.8) is 0 Å². The zero-order valence-electron chi connectivity index (χ0n) is 10.8. The molecule has 1 heterocycles. The Balaban J connectivity index is 1.93. The minimum absolute atomic E-state index is 0.696. The topological polar surface area (TPSA) is 34.1 Å². The summed E-state index contributed by atoms with van der Waals surface area (Å²) in [5.74, 6) is 0.903. The fourth-order valence-electron chi connectivity index (χ4n) is 1.75. The van der Waals surface area contributed by atoms with Crippen LogP contribution in [0.25, 0.3) is 0 Å². The molecule has 1 aromatic heterocycles. The van der Waals surface area contributed by atoms with Gasteiger partial charge < -0.3 is 10.1 Å². The lowest BCUT2D eigenvalue weighted by Gasteiger charge is -2.08. The van der Waals surface area contributed by atoms with Gasteiger partial charge in [-0.3, -0.25) is 4.98 Å². The van der Waals surface area contributed by atoms with Crippen molar-refractivity contribution in [3.05, 3.63) is 53.9 Å². The highest BCUT2D eigenvalue weighted by atomic mass is 16.5. The van der Waals surface area contributed by atoms with Crippen molar-refractivity contribution < 1.29 is 4.74 Å². The molecule has 2 rings (SSSR count). The first-order valence-electron chi connectivity index (χ1n) is 6.15. The highest BCUT2D eigenvalue weighted by Gasteiger charge is 1.96. The van der Waals surface area contributed by atoms with Gasteiger partial charge in [-0.2, -0.15) is 0 Å². The summed E-state index contributed by atoms with van der Waals surface area (Å²) < 4.78 is 5.40. The monoisotopic (exact) mass is 242 g/mol. The van der Waals surface area contributed by atoms with E-state index >= 15 is 0 Å². The molecule has 2 aromatic rings. The zero-order chi connectivity index (χ0) is 12.8. The Bertz CT molecular complexity index is 494. The number of ether oxygens (including phenoxy) is 1. The summed E-state index contributed by atoms with van der Waals surface area (Å²) in [6.45, 7) is 5.51. The average Bonchev–Trinajstić information content (AvgIpc) is 2.38. The van der Waals surface area contributed by atoms with Crippen LogP contribution in [0.1, 0.15) is 18.1 Å². The van der Waals surface area contributed by atoms with Crippen LogP contribution in [0, 0.1) is 6.92 Å². The highest BCUT2D eigenvalue weighted by molar-refractivity contribution is 5.46. The van der Waals surface area contributed by atoms with E-state index in [1.165, 1.54) is 11.1 Å². The molecule has 3 nitrogen and oxygen atoms in total. The lowest BCUT2D eigenvalue weighted by Crippen LogP contribution is -2.00. The molecule has 0 saturated carbocycles. The fourth-order valence-corrected chi connectivity index (χ4v) is 1.75. The summed E-state index contributed by atoms with van der Waals surface area (Å²) in [5, 5.41) is 3.36. The molecule has 0 aliphatic heterocycles. The second-order valence-corrected chi connectivity index (χ2v) is 4.18. The molecule has 0 aliphatic carbocycles. The van der Waals surface area contributed by atoms with Gasteiger partial charge in [0.05, 0.1) is 6.61 Å². The van der Waals surface area contributed by atoms with E-state index in [4.69, 9.17) is 4.74 Å². The maximum Gasteiger partial charge on any atom is 0.119 e. The Morgan fingerprint density at radius 1 is 1.17 bits per heavy atom. The van der Waals surface area contributed by atoms with Crippen LogP contribution < -0.4 is 10.1 Å². The summed E-state index contributed by atoms with van der Waals surface area (Å²) in [6, 6.07) is 10.1. The number of benzene rings is 1. The summed E-state index contributed by atoms with van der Waals surface area (Å²) in [7, 11) is 0. The molecule has 0 saturated heterocycles. The largest absolute Gasteiger partial charge is 0.494 e. The molecular weight excluding hydrogens is 224 g/mol. The Kier molecular flexibility index (Phi) is 4.18. The van der Waals surface area contributed by atoms with Gasteiger partial charge in [0.1, 0.15) is 5.75 Å². The number of hydrogen-bond donors (Lipinski definition) is 1. The van der Waals surface area contributed by atoms with Gasteiger partial charge in [-0.05, 0) is 49.2 Å². The van der Waals surface area contributed by atoms with E-state index in [9.17, 15) is 0 Å². The number of nitrogens with zero attached hydrogens (tertiary/aromatic N) is 1. The quantitative estimate of drug-likeness (QED) is 0.872. The van der Waals surface area contributed by atoms with E-state index in [0.717, 1.165) is 18.0 Å². The molecule has 3 heteroatoms. The van der Waals surface area contributed by atoms with Gasteiger partial charge in [0, 0.05) is 24.6 Å². The number of pyridine rings is 1. The van der Waals surface area contributed by atoms with E-state index in [1.807, 2.05) is 50.5 Å². The summed E-state index contributed by atoms with van der Waals surface area (Å²) >= 11 is 0.